The summed E-state index contributed by atoms with van der Waals surface area (Å²) in [5.74, 6) is -1.45. The number of nitrogens with one attached hydrogen (secondary N) is 2. The van der Waals surface area contributed by atoms with Crippen LogP contribution in [0.4, 0.5) is 5.95 Å². The molecule has 1 unspecified atom stereocenters. The molecule has 42 heavy (non-hydrogen) atoms. The van der Waals surface area contributed by atoms with Crippen LogP contribution < -0.4 is 16.6 Å². The number of hydrogen-bond donors (Lipinski definition) is 3. The Morgan fingerprint density at radius 2 is 1.69 bits per heavy atom. The molecule has 0 aliphatic rings. The number of nitrogen functional groups attached to an aromatic ring is 1. The van der Waals surface area contributed by atoms with Crippen LogP contribution in [0.5, 0.6) is 0 Å². The summed E-state index contributed by atoms with van der Waals surface area (Å²) < 4.78 is 11.9. The maximum absolute atomic E-state index is 12.9. The van der Waals surface area contributed by atoms with Crippen molar-refractivity contribution in [3.63, 3.8) is 0 Å². The van der Waals surface area contributed by atoms with Crippen molar-refractivity contribution in [2.45, 2.75) is 52.1 Å². The fourth-order valence-corrected chi connectivity index (χ4v) is 4.71. The number of carbonyl (C=O) groups excluding carboxylic acids is 3. The van der Waals surface area contributed by atoms with E-state index in [1.54, 1.807) is 26.0 Å². The topological polar surface area (TPSA) is 158 Å². The molecule has 4 rings (SSSR count). The lowest BCUT2D eigenvalue weighted by Gasteiger charge is -2.17. The molecule has 2 heterocycles. The number of anilines is 1. The Hall–Kier alpha value is -4.93. The van der Waals surface area contributed by atoms with Gasteiger partial charge in [-0.25, -0.2) is 4.79 Å². The van der Waals surface area contributed by atoms with Gasteiger partial charge in [-0.05, 0) is 61.9 Å². The van der Waals surface area contributed by atoms with Gasteiger partial charge in [0.2, 0.25) is 5.95 Å². The third kappa shape index (κ3) is 7.62. The zero-order chi connectivity index (χ0) is 30.1. The summed E-state index contributed by atoms with van der Waals surface area (Å²) in [5.41, 5.74) is 9.32. The maximum atomic E-state index is 12.9. The molecule has 0 saturated heterocycles. The summed E-state index contributed by atoms with van der Waals surface area (Å²) in [6, 6.07) is 15.9. The SMILES string of the molecule is CCOC(=O)CCC(NC(=O)c1ccc(CCc2cn(Cc3ccccc3)c3nc(N)[nH]c(=O)c23)cc1)C(=O)OCC. The second-order valence-corrected chi connectivity index (χ2v) is 9.74. The highest BCUT2D eigenvalue weighted by Gasteiger charge is 2.24. The third-order valence-electron chi connectivity index (χ3n) is 6.74. The summed E-state index contributed by atoms with van der Waals surface area (Å²) in [7, 11) is 0. The van der Waals surface area contributed by atoms with Crippen LogP contribution >= 0.6 is 0 Å². The minimum absolute atomic E-state index is 0.0246. The number of carbonyl (C=O) groups is 3. The average molecular weight is 574 g/mol. The molecular weight excluding hydrogens is 538 g/mol. The predicted molar refractivity (Wildman–Crippen MR) is 158 cm³/mol. The van der Waals surface area contributed by atoms with Crippen molar-refractivity contribution >= 4 is 34.8 Å². The number of ether oxygens (including phenoxy) is 2. The van der Waals surface area contributed by atoms with Gasteiger partial charge in [0.1, 0.15) is 11.7 Å². The molecule has 11 nitrogen and oxygen atoms in total. The molecule has 4 N–H and O–H groups in total. The molecule has 0 aliphatic heterocycles. The largest absolute Gasteiger partial charge is 0.466 e. The number of fused-ring (bicyclic) bond motifs is 1. The molecule has 0 bridgehead atoms. The van der Waals surface area contributed by atoms with Crippen LogP contribution in [-0.2, 0) is 38.4 Å². The van der Waals surface area contributed by atoms with E-state index in [0.717, 1.165) is 16.7 Å². The molecule has 1 amide bonds. The van der Waals surface area contributed by atoms with E-state index in [1.807, 2.05) is 53.2 Å². The summed E-state index contributed by atoms with van der Waals surface area (Å²) in [6.07, 6.45) is 3.16. The number of esters is 2. The standard InChI is InChI=1S/C31H35N5O6/c1-3-41-25(37)17-16-24(30(40)42-4-2)33-28(38)22-13-10-20(11-14-22)12-15-23-19-36(18-21-8-6-5-7-9-21)27-26(23)29(39)35-31(32)34-27/h5-11,13-14,19,24H,3-4,12,15-18H2,1-2H3,(H,33,38)(H3,32,34,35,39). The Kier molecular flexibility index (Phi) is 10.1. The summed E-state index contributed by atoms with van der Waals surface area (Å²) in [4.78, 5) is 56.8. The third-order valence-corrected chi connectivity index (χ3v) is 6.74. The van der Waals surface area contributed by atoms with E-state index in [9.17, 15) is 19.2 Å². The molecule has 2 aromatic carbocycles. The second kappa shape index (κ2) is 14.1. The number of rotatable bonds is 13. The van der Waals surface area contributed by atoms with E-state index >= 15 is 0 Å². The second-order valence-electron chi connectivity index (χ2n) is 9.74. The number of aromatic amines is 1. The minimum atomic E-state index is -0.976. The Balaban J connectivity index is 1.45. The van der Waals surface area contributed by atoms with Crippen LogP contribution in [0.2, 0.25) is 0 Å². The van der Waals surface area contributed by atoms with Gasteiger partial charge in [-0.2, -0.15) is 4.98 Å². The Labute approximate surface area is 243 Å². The van der Waals surface area contributed by atoms with Crippen molar-refractivity contribution < 1.29 is 23.9 Å². The van der Waals surface area contributed by atoms with E-state index in [1.165, 1.54) is 0 Å². The lowest BCUT2D eigenvalue weighted by Crippen LogP contribution is -2.42. The molecule has 2 aromatic heterocycles. The van der Waals surface area contributed by atoms with Crippen LogP contribution in [0, 0.1) is 0 Å². The van der Waals surface area contributed by atoms with Gasteiger partial charge in [0.25, 0.3) is 11.5 Å². The first-order valence-electron chi connectivity index (χ1n) is 13.9. The molecule has 0 aliphatic carbocycles. The van der Waals surface area contributed by atoms with Crippen LogP contribution in [0.3, 0.4) is 0 Å². The smallest absolute Gasteiger partial charge is 0.328 e. The van der Waals surface area contributed by atoms with Gasteiger partial charge in [-0.3, -0.25) is 19.4 Å². The van der Waals surface area contributed by atoms with Gasteiger partial charge in [0.15, 0.2) is 0 Å². The van der Waals surface area contributed by atoms with Gasteiger partial charge in [0.05, 0.1) is 18.6 Å². The van der Waals surface area contributed by atoms with E-state index < -0.39 is 23.9 Å². The van der Waals surface area contributed by atoms with Gasteiger partial charge in [0, 0.05) is 24.7 Å². The highest BCUT2D eigenvalue weighted by Crippen LogP contribution is 2.21. The first kappa shape index (κ1) is 30.0. The van der Waals surface area contributed by atoms with Crippen molar-refractivity contribution in [3.05, 3.63) is 93.4 Å². The fourth-order valence-electron chi connectivity index (χ4n) is 4.71. The van der Waals surface area contributed by atoms with E-state index in [4.69, 9.17) is 15.2 Å². The Bertz CT molecular complexity index is 1590. The van der Waals surface area contributed by atoms with Gasteiger partial charge in [-0.1, -0.05) is 42.5 Å². The van der Waals surface area contributed by atoms with E-state index in [-0.39, 0.29) is 37.6 Å². The number of aryl methyl sites for hydroxylation is 2. The predicted octanol–water partition coefficient (Wildman–Crippen LogP) is 3.15. The first-order valence-corrected chi connectivity index (χ1v) is 13.9. The molecule has 0 saturated carbocycles. The molecular formula is C31H35N5O6. The van der Waals surface area contributed by atoms with E-state index in [2.05, 4.69) is 15.3 Å². The average Bonchev–Trinajstić information content (AvgIpc) is 3.32. The highest BCUT2D eigenvalue weighted by molar-refractivity contribution is 5.97. The Morgan fingerprint density at radius 3 is 2.38 bits per heavy atom. The summed E-state index contributed by atoms with van der Waals surface area (Å²) in [6.45, 7) is 4.30. The zero-order valence-corrected chi connectivity index (χ0v) is 23.7. The molecule has 0 fully saturated rings. The molecule has 220 valence electrons. The fraction of sp³-hybridized carbons (Fsp3) is 0.323. The minimum Gasteiger partial charge on any atom is -0.466 e. The monoisotopic (exact) mass is 573 g/mol. The van der Waals surface area contributed by atoms with Crippen LogP contribution in [-0.4, -0.2) is 51.6 Å². The van der Waals surface area contributed by atoms with Gasteiger partial charge >= 0.3 is 11.9 Å². The number of hydrogen-bond acceptors (Lipinski definition) is 8. The number of amides is 1. The number of aromatic nitrogens is 3. The molecule has 11 heteroatoms. The van der Waals surface area contributed by atoms with Gasteiger partial charge in [-0.15, -0.1) is 0 Å². The normalized spacial score (nSPS) is 11.7. The van der Waals surface area contributed by atoms with Gasteiger partial charge < -0.3 is 25.1 Å². The summed E-state index contributed by atoms with van der Waals surface area (Å²) in [5, 5.41) is 3.17. The van der Waals surface area contributed by atoms with Crippen molar-refractivity contribution in [3.8, 4) is 0 Å². The Morgan fingerprint density at radius 1 is 0.976 bits per heavy atom. The van der Waals surface area contributed by atoms with Crippen LogP contribution in [0.1, 0.15) is 53.7 Å². The van der Waals surface area contributed by atoms with Crippen molar-refractivity contribution in [1.29, 1.82) is 0 Å². The number of H-pyrrole nitrogens is 1. The lowest BCUT2D eigenvalue weighted by atomic mass is 10.0. The summed E-state index contributed by atoms with van der Waals surface area (Å²) >= 11 is 0. The van der Waals surface area contributed by atoms with Crippen LogP contribution in [0.15, 0.2) is 65.6 Å². The number of nitrogens with two attached hydrogens (primary N) is 1. The van der Waals surface area contributed by atoms with Crippen molar-refractivity contribution in [2.24, 2.45) is 0 Å². The molecule has 4 aromatic rings. The number of nitrogens with zero attached hydrogens (tertiary/aromatic N) is 2. The molecule has 0 spiro atoms. The van der Waals surface area contributed by atoms with Crippen molar-refractivity contribution in [2.75, 3.05) is 18.9 Å². The van der Waals surface area contributed by atoms with Crippen molar-refractivity contribution in [1.82, 2.24) is 19.9 Å². The molecule has 1 atom stereocenters. The zero-order valence-electron chi connectivity index (χ0n) is 23.7. The number of benzene rings is 2. The lowest BCUT2D eigenvalue weighted by molar-refractivity contribution is -0.146. The quantitative estimate of drug-likeness (QED) is 0.206. The maximum Gasteiger partial charge on any atom is 0.328 e. The first-order chi connectivity index (χ1) is 20.3. The van der Waals surface area contributed by atoms with E-state index in [0.29, 0.717) is 36.0 Å². The highest BCUT2D eigenvalue weighted by atomic mass is 16.5. The van der Waals surface area contributed by atoms with Crippen LogP contribution in [0.25, 0.3) is 11.0 Å². The molecule has 0 radical (unpaired) electrons.